The molecule has 154 valence electrons. The maximum atomic E-state index is 11.9. The number of benzene rings is 1. The summed E-state index contributed by atoms with van der Waals surface area (Å²) in [4.78, 5) is 18.6. The third kappa shape index (κ3) is 9.83. The number of nitrogens with zero attached hydrogens (tertiary/aromatic N) is 2. The number of rotatable bonds is 8. The van der Waals surface area contributed by atoms with Crippen LogP contribution in [0.5, 0.6) is 5.75 Å². The van der Waals surface area contributed by atoms with Crippen LogP contribution in [0.4, 0.5) is 0 Å². The zero-order valence-electron chi connectivity index (χ0n) is 17.5. The lowest BCUT2D eigenvalue weighted by Gasteiger charge is -2.22. The van der Waals surface area contributed by atoms with Crippen LogP contribution in [0.2, 0.25) is 0 Å². The van der Waals surface area contributed by atoms with E-state index in [0.717, 1.165) is 24.8 Å². The molecule has 0 radical (unpaired) electrons. The van der Waals surface area contributed by atoms with Crippen molar-refractivity contribution in [2.45, 2.75) is 41.2 Å². The lowest BCUT2D eigenvalue weighted by molar-refractivity contribution is -0.128. The Morgan fingerprint density at radius 3 is 2.30 bits per heavy atom. The van der Waals surface area contributed by atoms with Gasteiger partial charge in [-0.2, -0.15) is 0 Å². The van der Waals surface area contributed by atoms with Crippen LogP contribution < -0.4 is 15.4 Å². The predicted molar refractivity (Wildman–Crippen MR) is 123 cm³/mol. The highest BCUT2D eigenvalue weighted by Gasteiger charge is 2.20. The number of ether oxygens (including phenoxy) is 1. The molecular formula is C20H35IN4O2. The summed E-state index contributed by atoms with van der Waals surface area (Å²) >= 11 is 0. The van der Waals surface area contributed by atoms with Gasteiger partial charge >= 0.3 is 0 Å². The highest BCUT2D eigenvalue weighted by molar-refractivity contribution is 14.0. The summed E-state index contributed by atoms with van der Waals surface area (Å²) in [6.07, 6.45) is 0. The molecular weight excluding hydrogens is 455 g/mol. The van der Waals surface area contributed by atoms with Gasteiger partial charge in [0.25, 0.3) is 0 Å². The number of guanidine groups is 1. The van der Waals surface area contributed by atoms with Crippen LogP contribution in [-0.4, -0.2) is 50.1 Å². The van der Waals surface area contributed by atoms with E-state index in [-0.39, 0.29) is 35.3 Å². The third-order valence-corrected chi connectivity index (χ3v) is 3.69. The molecule has 0 aliphatic carbocycles. The lowest BCUT2D eigenvalue weighted by Crippen LogP contribution is -2.40. The molecule has 0 atom stereocenters. The molecule has 27 heavy (non-hydrogen) atoms. The number of hydrogen-bond acceptors (Lipinski definition) is 3. The van der Waals surface area contributed by atoms with Gasteiger partial charge in [-0.1, -0.05) is 32.9 Å². The van der Waals surface area contributed by atoms with E-state index in [1.165, 1.54) is 5.56 Å². The summed E-state index contributed by atoms with van der Waals surface area (Å²) in [7, 11) is 2.01. The smallest absolute Gasteiger partial charge is 0.225 e. The fourth-order valence-electron chi connectivity index (χ4n) is 2.27. The molecule has 0 saturated carbocycles. The Hall–Kier alpha value is -1.51. The third-order valence-electron chi connectivity index (χ3n) is 3.69. The Kier molecular flexibility index (Phi) is 12.1. The molecule has 0 spiro atoms. The largest absolute Gasteiger partial charge is 0.494 e. The van der Waals surface area contributed by atoms with E-state index < -0.39 is 0 Å². The molecule has 0 fully saturated rings. The molecule has 0 unspecified atom stereocenters. The second-order valence-electron chi connectivity index (χ2n) is 7.17. The fraction of sp³-hybridized carbons (Fsp3) is 0.600. The Balaban J connectivity index is 0.00000676. The molecule has 7 heteroatoms. The van der Waals surface area contributed by atoms with Crippen LogP contribution in [0.15, 0.2) is 29.3 Å². The van der Waals surface area contributed by atoms with Gasteiger partial charge in [0.05, 0.1) is 13.2 Å². The molecule has 0 aliphatic rings. The molecule has 0 saturated heterocycles. The van der Waals surface area contributed by atoms with E-state index in [1.807, 2.05) is 53.8 Å². The number of nitrogens with one attached hydrogen (secondary N) is 2. The van der Waals surface area contributed by atoms with E-state index in [1.54, 1.807) is 0 Å². The van der Waals surface area contributed by atoms with Gasteiger partial charge in [-0.05, 0) is 31.5 Å². The van der Waals surface area contributed by atoms with Crippen LogP contribution in [0, 0.1) is 5.41 Å². The van der Waals surface area contributed by atoms with E-state index in [2.05, 4.69) is 32.7 Å². The summed E-state index contributed by atoms with van der Waals surface area (Å²) < 4.78 is 5.48. The SMILES string of the molecule is CCNC(=NCCNC(=O)C(C)(C)C)N(C)Cc1ccc(OCC)cc1.I. The minimum Gasteiger partial charge on any atom is -0.494 e. The highest BCUT2D eigenvalue weighted by Crippen LogP contribution is 2.13. The standard InChI is InChI=1S/C20H34N4O2.HI/c1-7-21-19(23-14-13-22-18(25)20(3,4)5)24(6)15-16-9-11-17(12-10-16)26-8-2;/h9-12H,7-8,13-15H2,1-6H3,(H,21,23)(H,22,25);1H. The Morgan fingerprint density at radius 2 is 1.78 bits per heavy atom. The van der Waals surface area contributed by atoms with Gasteiger partial charge in [-0.15, -0.1) is 24.0 Å². The second kappa shape index (κ2) is 12.8. The summed E-state index contributed by atoms with van der Waals surface area (Å²) in [6, 6.07) is 8.10. The molecule has 0 aliphatic heterocycles. The lowest BCUT2D eigenvalue weighted by atomic mass is 9.96. The van der Waals surface area contributed by atoms with E-state index in [9.17, 15) is 4.79 Å². The first kappa shape index (κ1) is 25.5. The average Bonchev–Trinajstić information content (AvgIpc) is 2.58. The predicted octanol–water partition coefficient (Wildman–Crippen LogP) is 3.26. The molecule has 1 rings (SSSR count). The van der Waals surface area contributed by atoms with Crippen molar-refractivity contribution in [2.24, 2.45) is 10.4 Å². The van der Waals surface area contributed by atoms with Crippen molar-refractivity contribution in [3.05, 3.63) is 29.8 Å². The molecule has 2 N–H and O–H groups in total. The zero-order valence-corrected chi connectivity index (χ0v) is 19.8. The number of halogens is 1. The topological polar surface area (TPSA) is 66.0 Å². The van der Waals surface area contributed by atoms with Gasteiger partial charge in [0.1, 0.15) is 5.75 Å². The highest BCUT2D eigenvalue weighted by atomic mass is 127. The Labute approximate surface area is 181 Å². The van der Waals surface area contributed by atoms with Crippen molar-refractivity contribution in [1.29, 1.82) is 0 Å². The molecule has 0 aromatic heterocycles. The normalized spacial score (nSPS) is 11.4. The molecule has 0 bridgehead atoms. The average molecular weight is 490 g/mol. The van der Waals surface area contributed by atoms with Crippen LogP contribution >= 0.6 is 24.0 Å². The van der Waals surface area contributed by atoms with Gasteiger partial charge in [-0.3, -0.25) is 9.79 Å². The first-order chi connectivity index (χ1) is 12.3. The summed E-state index contributed by atoms with van der Waals surface area (Å²) in [6.45, 7) is 13.0. The molecule has 1 aromatic rings. The summed E-state index contributed by atoms with van der Waals surface area (Å²) in [5.41, 5.74) is 0.807. The number of aliphatic imine (C=N–C) groups is 1. The fourth-order valence-corrected chi connectivity index (χ4v) is 2.27. The van der Waals surface area contributed by atoms with E-state index in [0.29, 0.717) is 19.7 Å². The van der Waals surface area contributed by atoms with Crippen molar-refractivity contribution < 1.29 is 9.53 Å². The van der Waals surface area contributed by atoms with Gasteiger partial charge in [0.2, 0.25) is 5.91 Å². The second-order valence-corrected chi connectivity index (χ2v) is 7.17. The molecule has 0 heterocycles. The Bertz CT molecular complexity index is 583. The van der Waals surface area contributed by atoms with Crippen LogP contribution in [0.1, 0.15) is 40.2 Å². The maximum Gasteiger partial charge on any atom is 0.225 e. The van der Waals surface area contributed by atoms with E-state index in [4.69, 9.17) is 4.74 Å². The van der Waals surface area contributed by atoms with Crippen molar-refractivity contribution in [1.82, 2.24) is 15.5 Å². The van der Waals surface area contributed by atoms with Crippen molar-refractivity contribution in [3.63, 3.8) is 0 Å². The van der Waals surface area contributed by atoms with Crippen LogP contribution in [0.3, 0.4) is 0 Å². The molecule has 1 aromatic carbocycles. The number of carbonyl (C=O) groups excluding carboxylic acids is 1. The first-order valence-electron chi connectivity index (χ1n) is 9.27. The van der Waals surface area contributed by atoms with Crippen molar-refractivity contribution in [2.75, 3.05) is 33.3 Å². The zero-order chi connectivity index (χ0) is 19.6. The van der Waals surface area contributed by atoms with Crippen LogP contribution in [0.25, 0.3) is 0 Å². The number of hydrogen-bond donors (Lipinski definition) is 2. The van der Waals surface area contributed by atoms with Gasteiger partial charge in [0, 0.05) is 32.1 Å². The van der Waals surface area contributed by atoms with E-state index >= 15 is 0 Å². The quantitative estimate of drug-likeness (QED) is 0.254. The number of carbonyl (C=O) groups is 1. The minimum absolute atomic E-state index is 0. The molecule has 1 amide bonds. The number of amides is 1. The monoisotopic (exact) mass is 490 g/mol. The maximum absolute atomic E-state index is 11.9. The molecule has 6 nitrogen and oxygen atoms in total. The first-order valence-corrected chi connectivity index (χ1v) is 9.27. The summed E-state index contributed by atoms with van der Waals surface area (Å²) in [5.74, 6) is 1.75. The Morgan fingerprint density at radius 1 is 1.15 bits per heavy atom. The van der Waals surface area contributed by atoms with Gasteiger partial charge < -0.3 is 20.3 Å². The van der Waals surface area contributed by atoms with Gasteiger partial charge in [0.15, 0.2) is 5.96 Å². The minimum atomic E-state index is -0.376. The van der Waals surface area contributed by atoms with Gasteiger partial charge in [-0.25, -0.2) is 0 Å². The van der Waals surface area contributed by atoms with Crippen LogP contribution in [-0.2, 0) is 11.3 Å². The van der Waals surface area contributed by atoms with Crippen molar-refractivity contribution >= 4 is 35.8 Å². The van der Waals surface area contributed by atoms with Crippen molar-refractivity contribution in [3.8, 4) is 5.75 Å². The summed E-state index contributed by atoms with van der Waals surface area (Å²) in [5, 5.41) is 6.21.